The fraction of sp³-hybridized carbons (Fsp3) is 0.450. The van der Waals surface area contributed by atoms with Crippen molar-refractivity contribution in [2.24, 2.45) is 0 Å². The molecular formula is C20H25N5OS. The minimum absolute atomic E-state index is 0.188. The van der Waals surface area contributed by atoms with Crippen molar-refractivity contribution in [2.75, 3.05) is 31.1 Å². The van der Waals surface area contributed by atoms with Gasteiger partial charge in [-0.3, -0.25) is 9.88 Å². The van der Waals surface area contributed by atoms with Gasteiger partial charge in [-0.25, -0.2) is 9.97 Å². The number of aromatic nitrogens is 3. The van der Waals surface area contributed by atoms with E-state index in [1.54, 1.807) is 17.7 Å². The number of anilines is 1. The zero-order valence-corrected chi connectivity index (χ0v) is 16.6. The van der Waals surface area contributed by atoms with Crippen molar-refractivity contribution in [3.8, 4) is 0 Å². The van der Waals surface area contributed by atoms with Gasteiger partial charge in [-0.15, -0.1) is 11.3 Å². The first-order valence-corrected chi connectivity index (χ1v) is 10.2. The molecule has 1 N–H and O–H groups in total. The number of hydrogen-bond donors (Lipinski definition) is 1. The Kier molecular flexibility index (Phi) is 5.33. The number of piperazine rings is 1. The molecule has 0 bridgehead atoms. The Morgan fingerprint density at radius 3 is 2.93 bits per heavy atom. The molecule has 0 spiro atoms. The van der Waals surface area contributed by atoms with Gasteiger partial charge in [-0.05, 0) is 43.3 Å². The minimum atomic E-state index is 0.188. The van der Waals surface area contributed by atoms with Gasteiger partial charge in [-0.1, -0.05) is 6.07 Å². The van der Waals surface area contributed by atoms with Crippen molar-refractivity contribution in [3.63, 3.8) is 0 Å². The summed E-state index contributed by atoms with van der Waals surface area (Å²) in [5.74, 6) is 1.02. The smallest absolute Gasteiger partial charge is 0.150 e. The lowest BCUT2D eigenvalue weighted by Gasteiger charge is -2.41. The highest BCUT2D eigenvalue weighted by atomic mass is 32.1. The van der Waals surface area contributed by atoms with Gasteiger partial charge in [-0.2, -0.15) is 0 Å². The van der Waals surface area contributed by atoms with Crippen LogP contribution in [0.15, 0.2) is 29.9 Å². The average Bonchev–Trinajstić information content (AvgIpc) is 3.05. The molecule has 0 aromatic carbocycles. The van der Waals surface area contributed by atoms with Gasteiger partial charge in [0.1, 0.15) is 12.1 Å². The number of rotatable bonds is 5. The summed E-state index contributed by atoms with van der Waals surface area (Å²) in [6.07, 6.45) is 2.42. The molecule has 27 heavy (non-hydrogen) atoms. The fourth-order valence-electron chi connectivity index (χ4n) is 3.79. The first kappa shape index (κ1) is 18.3. The van der Waals surface area contributed by atoms with Crippen molar-refractivity contribution in [1.29, 1.82) is 0 Å². The second-order valence-electron chi connectivity index (χ2n) is 7.15. The van der Waals surface area contributed by atoms with Crippen LogP contribution in [0.5, 0.6) is 0 Å². The van der Waals surface area contributed by atoms with Crippen LogP contribution in [0.3, 0.4) is 0 Å². The molecule has 0 saturated carbocycles. The summed E-state index contributed by atoms with van der Waals surface area (Å²) in [4.78, 5) is 18.5. The Balaban J connectivity index is 1.55. The molecule has 3 aromatic heterocycles. The van der Waals surface area contributed by atoms with Gasteiger partial charge < -0.3 is 10.0 Å². The lowest BCUT2D eigenvalue weighted by molar-refractivity contribution is 0.134. The first-order valence-electron chi connectivity index (χ1n) is 9.37. The zero-order chi connectivity index (χ0) is 18.8. The molecule has 0 aliphatic carbocycles. The van der Waals surface area contributed by atoms with Gasteiger partial charge in [0.15, 0.2) is 0 Å². The monoisotopic (exact) mass is 383 g/mol. The third-order valence-electron chi connectivity index (χ3n) is 5.19. The van der Waals surface area contributed by atoms with E-state index in [1.165, 1.54) is 5.56 Å². The molecule has 3 aromatic rings. The number of fused-ring (bicyclic) bond motifs is 1. The van der Waals surface area contributed by atoms with E-state index in [4.69, 9.17) is 0 Å². The molecule has 4 rings (SSSR count). The summed E-state index contributed by atoms with van der Waals surface area (Å²) in [6, 6.07) is 6.44. The third-order valence-corrected chi connectivity index (χ3v) is 6.27. The maximum absolute atomic E-state index is 9.59. The second-order valence-corrected chi connectivity index (χ2v) is 8.03. The van der Waals surface area contributed by atoms with Gasteiger partial charge in [0, 0.05) is 44.5 Å². The summed E-state index contributed by atoms with van der Waals surface area (Å²) in [5.41, 5.74) is 4.38. The molecule has 6 nitrogen and oxygen atoms in total. The Bertz CT molecular complexity index is 928. The molecule has 1 aliphatic rings. The standard InChI is InChI=1S/C20H25N5OS/c1-14-12-27-19-18(14)21-13-22-20(19)25-8-7-24(17(11-25)6-9-26)10-16-5-3-4-15(2)23-16/h3-5,12-13,17,26H,6-11H2,1-2H3/t17-/m1/s1. The van der Waals surface area contributed by atoms with Crippen LogP contribution >= 0.6 is 11.3 Å². The summed E-state index contributed by atoms with van der Waals surface area (Å²) in [7, 11) is 0. The van der Waals surface area contributed by atoms with E-state index in [2.05, 4.69) is 49.2 Å². The van der Waals surface area contributed by atoms with Crippen LogP contribution in [-0.2, 0) is 6.54 Å². The molecular weight excluding hydrogens is 358 g/mol. The lowest BCUT2D eigenvalue weighted by atomic mass is 10.1. The highest BCUT2D eigenvalue weighted by Crippen LogP contribution is 2.32. The van der Waals surface area contributed by atoms with Gasteiger partial charge >= 0.3 is 0 Å². The van der Waals surface area contributed by atoms with Crippen LogP contribution in [0.1, 0.15) is 23.4 Å². The Morgan fingerprint density at radius 2 is 2.11 bits per heavy atom. The van der Waals surface area contributed by atoms with Gasteiger partial charge in [0.25, 0.3) is 0 Å². The molecule has 0 unspecified atom stereocenters. The quantitative estimate of drug-likeness (QED) is 0.731. The third kappa shape index (κ3) is 3.81. The van der Waals surface area contributed by atoms with Crippen molar-refractivity contribution in [3.05, 3.63) is 46.9 Å². The van der Waals surface area contributed by atoms with E-state index >= 15 is 0 Å². The van der Waals surface area contributed by atoms with Crippen molar-refractivity contribution < 1.29 is 5.11 Å². The number of thiophene rings is 1. The summed E-state index contributed by atoms with van der Waals surface area (Å²) >= 11 is 1.71. The normalized spacial score (nSPS) is 18.3. The van der Waals surface area contributed by atoms with Gasteiger partial charge in [0.05, 0.1) is 15.9 Å². The molecule has 7 heteroatoms. The van der Waals surface area contributed by atoms with Crippen LogP contribution in [0.25, 0.3) is 10.2 Å². The molecule has 1 aliphatic heterocycles. The van der Waals surface area contributed by atoms with E-state index < -0.39 is 0 Å². The highest BCUT2D eigenvalue weighted by Gasteiger charge is 2.29. The molecule has 1 atom stereocenters. The lowest BCUT2D eigenvalue weighted by Crippen LogP contribution is -2.53. The average molecular weight is 384 g/mol. The van der Waals surface area contributed by atoms with Crippen LogP contribution in [0.2, 0.25) is 0 Å². The number of nitrogens with zero attached hydrogens (tertiary/aromatic N) is 5. The van der Waals surface area contributed by atoms with Crippen LogP contribution in [-0.4, -0.2) is 57.2 Å². The number of aryl methyl sites for hydroxylation is 2. The first-order chi connectivity index (χ1) is 13.2. The molecule has 0 amide bonds. The Hall–Kier alpha value is -2.09. The van der Waals surface area contributed by atoms with Crippen molar-refractivity contribution in [2.45, 2.75) is 32.9 Å². The largest absolute Gasteiger partial charge is 0.396 e. The zero-order valence-electron chi connectivity index (χ0n) is 15.8. The van der Waals surface area contributed by atoms with E-state index in [9.17, 15) is 5.11 Å². The number of aliphatic hydroxyl groups is 1. The molecule has 4 heterocycles. The van der Waals surface area contributed by atoms with Crippen LogP contribution in [0, 0.1) is 13.8 Å². The Morgan fingerprint density at radius 1 is 1.22 bits per heavy atom. The van der Waals surface area contributed by atoms with E-state index in [0.717, 1.165) is 60.0 Å². The van der Waals surface area contributed by atoms with Crippen LogP contribution < -0.4 is 4.90 Å². The van der Waals surface area contributed by atoms with Crippen LogP contribution in [0.4, 0.5) is 5.82 Å². The topological polar surface area (TPSA) is 65.4 Å². The Labute approximate surface area is 163 Å². The van der Waals surface area contributed by atoms with E-state index in [-0.39, 0.29) is 12.6 Å². The predicted octanol–water partition coefficient (Wildman–Crippen LogP) is 2.78. The fourth-order valence-corrected chi connectivity index (χ4v) is 4.81. The number of pyridine rings is 1. The van der Waals surface area contributed by atoms with E-state index in [1.807, 2.05) is 13.0 Å². The van der Waals surface area contributed by atoms with Gasteiger partial charge in [0.2, 0.25) is 0 Å². The van der Waals surface area contributed by atoms with Crippen molar-refractivity contribution >= 4 is 27.4 Å². The number of hydrogen-bond acceptors (Lipinski definition) is 7. The molecule has 142 valence electrons. The molecule has 1 fully saturated rings. The summed E-state index contributed by atoms with van der Waals surface area (Å²) in [5, 5.41) is 11.7. The predicted molar refractivity (Wildman–Crippen MR) is 109 cm³/mol. The number of aliphatic hydroxyl groups excluding tert-OH is 1. The summed E-state index contributed by atoms with van der Waals surface area (Å²) in [6.45, 7) is 7.82. The molecule has 0 radical (unpaired) electrons. The van der Waals surface area contributed by atoms with Crippen molar-refractivity contribution in [1.82, 2.24) is 19.9 Å². The maximum atomic E-state index is 9.59. The van der Waals surface area contributed by atoms with E-state index in [0.29, 0.717) is 0 Å². The minimum Gasteiger partial charge on any atom is -0.396 e. The maximum Gasteiger partial charge on any atom is 0.150 e. The molecule has 1 saturated heterocycles. The SMILES string of the molecule is Cc1cccc(CN2CCN(c3ncnc4c(C)csc34)C[C@H]2CCO)n1. The summed E-state index contributed by atoms with van der Waals surface area (Å²) < 4.78 is 1.16. The second kappa shape index (κ2) is 7.88. The highest BCUT2D eigenvalue weighted by molar-refractivity contribution is 7.18.